The Balaban J connectivity index is 2.16. The van der Waals surface area contributed by atoms with Crippen molar-refractivity contribution in [2.24, 2.45) is 0 Å². The van der Waals surface area contributed by atoms with Crippen LogP contribution in [0.15, 0.2) is 59.5 Å². The minimum Gasteiger partial charge on any atom is -0.263 e. The Morgan fingerprint density at radius 1 is 0.900 bits per heavy atom. The lowest BCUT2D eigenvalue weighted by Crippen LogP contribution is -2.36. The van der Waals surface area contributed by atoms with Crippen molar-refractivity contribution in [3.05, 3.63) is 60.2 Å². The van der Waals surface area contributed by atoms with Gasteiger partial charge in [-0.05, 0) is 30.7 Å². The van der Waals surface area contributed by atoms with E-state index >= 15 is 0 Å². The number of benzene rings is 2. The molecule has 0 N–H and O–H groups in total. The molecule has 3 rings (SSSR count). The first-order valence-electron chi connectivity index (χ1n) is 6.72. The lowest BCUT2D eigenvalue weighted by atomic mass is 9.99. The summed E-state index contributed by atoms with van der Waals surface area (Å²) >= 11 is 0. The number of para-hydroxylation sites is 1. The average molecular weight is 287 g/mol. The van der Waals surface area contributed by atoms with Crippen molar-refractivity contribution < 1.29 is 8.42 Å². The molecule has 3 nitrogen and oxygen atoms in total. The predicted molar refractivity (Wildman–Crippen MR) is 80.4 cm³/mol. The first-order valence-corrected chi connectivity index (χ1v) is 8.16. The van der Waals surface area contributed by atoms with Crippen molar-refractivity contribution in [2.45, 2.75) is 30.7 Å². The number of hydrogen-bond donors (Lipinski definition) is 0. The van der Waals surface area contributed by atoms with Gasteiger partial charge in [0.05, 0.1) is 10.6 Å². The Labute approximate surface area is 119 Å². The van der Waals surface area contributed by atoms with Crippen LogP contribution in [0.3, 0.4) is 0 Å². The molecule has 0 bridgehead atoms. The van der Waals surface area contributed by atoms with Crippen LogP contribution in [0.2, 0.25) is 0 Å². The van der Waals surface area contributed by atoms with Crippen molar-refractivity contribution in [3.63, 3.8) is 0 Å². The maximum atomic E-state index is 12.9. The molecule has 0 saturated heterocycles. The molecule has 20 heavy (non-hydrogen) atoms. The van der Waals surface area contributed by atoms with Crippen LogP contribution in [0.1, 0.15) is 25.3 Å². The zero-order valence-corrected chi connectivity index (χ0v) is 12.3. The van der Waals surface area contributed by atoms with Gasteiger partial charge in [0.1, 0.15) is 0 Å². The zero-order chi connectivity index (χ0) is 14.3. The van der Waals surface area contributed by atoms with Crippen LogP contribution in [0.5, 0.6) is 0 Å². The Bertz CT molecular complexity index is 725. The molecule has 0 radical (unpaired) electrons. The van der Waals surface area contributed by atoms with Crippen molar-refractivity contribution in [1.82, 2.24) is 0 Å². The van der Waals surface area contributed by atoms with Gasteiger partial charge >= 0.3 is 0 Å². The van der Waals surface area contributed by atoms with Crippen LogP contribution in [0.25, 0.3) is 0 Å². The number of nitrogens with zero attached hydrogens (tertiary/aromatic N) is 1. The molecule has 2 aromatic carbocycles. The smallest absolute Gasteiger partial charge is 0.263 e. The molecule has 0 aliphatic carbocycles. The maximum Gasteiger partial charge on any atom is 0.264 e. The van der Waals surface area contributed by atoms with E-state index in [1.165, 1.54) is 0 Å². The zero-order valence-electron chi connectivity index (χ0n) is 11.5. The van der Waals surface area contributed by atoms with E-state index in [0.29, 0.717) is 4.90 Å². The molecule has 1 aliphatic heterocycles. The van der Waals surface area contributed by atoms with Crippen LogP contribution in [-0.2, 0) is 10.0 Å². The number of fused-ring (bicyclic) bond motifs is 1. The second kappa shape index (κ2) is 4.63. The van der Waals surface area contributed by atoms with Gasteiger partial charge in [-0.15, -0.1) is 0 Å². The highest BCUT2D eigenvalue weighted by molar-refractivity contribution is 7.92. The summed E-state index contributed by atoms with van der Waals surface area (Å²) in [4.78, 5) is 0.343. The van der Waals surface area contributed by atoms with Gasteiger partial charge in [-0.1, -0.05) is 43.3 Å². The first-order chi connectivity index (χ1) is 9.53. The normalized spacial score (nSPS) is 21.8. The van der Waals surface area contributed by atoms with Crippen molar-refractivity contribution in [2.75, 3.05) is 4.31 Å². The van der Waals surface area contributed by atoms with Gasteiger partial charge in [-0.2, -0.15) is 0 Å². The quantitative estimate of drug-likeness (QED) is 0.849. The van der Waals surface area contributed by atoms with E-state index in [1.54, 1.807) is 28.6 Å². The van der Waals surface area contributed by atoms with Gasteiger partial charge in [-0.3, -0.25) is 4.31 Å². The van der Waals surface area contributed by atoms with Gasteiger partial charge in [0, 0.05) is 12.0 Å². The highest BCUT2D eigenvalue weighted by atomic mass is 32.2. The maximum absolute atomic E-state index is 12.9. The fraction of sp³-hybridized carbons (Fsp3) is 0.250. The Hall–Kier alpha value is -1.81. The van der Waals surface area contributed by atoms with Crippen LogP contribution < -0.4 is 4.31 Å². The molecule has 1 aliphatic rings. The summed E-state index contributed by atoms with van der Waals surface area (Å²) in [6.45, 7) is 4.04. The van der Waals surface area contributed by atoms with E-state index in [4.69, 9.17) is 0 Å². The molecule has 2 aromatic rings. The van der Waals surface area contributed by atoms with Crippen molar-refractivity contribution in [3.8, 4) is 0 Å². The van der Waals surface area contributed by atoms with E-state index in [2.05, 4.69) is 6.92 Å². The van der Waals surface area contributed by atoms with Gasteiger partial charge in [0.2, 0.25) is 0 Å². The van der Waals surface area contributed by atoms with Crippen LogP contribution in [-0.4, -0.2) is 14.5 Å². The molecular weight excluding hydrogens is 270 g/mol. The summed E-state index contributed by atoms with van der Waals surface area (Å²) in [6.07, 6.45) is 0. The molecule has 104 valence electrons. The standard InChI is InChI=1S/C16H17NO2S/c1-12-13(2)17(16-11-7-6-10-15(12)16)20(18,19)14-8-4-3-5-9-14/h3-13H,1-2H3/t12-,13-/m1/s1. The van der Waals surface area contributed by atoms with E-state index in [1.807, 2.05) is 37.3 Å². The second-order valence-corrected chi connectivity index (χ2v) is 7.02. The summed E-state index contributed by atoms with van der Waals surface area (Å²) in [5.41, 5.74) is 1.90. The first kappa shape index (κ1) is 13.2. The highest BCUT2D eigenvalue weighted by Gasteiger charge is 2.39. The topological polar surface area (TPSA) is 37.4 Å². The van der Waals surface area contributed by atoms with Crippen LogP contribution >= 0.6 is 0 Å². The summed E-state index contributed by atoms with van der Waals surface area (Å²) in [5.74, 6) is 0.199. The number of rotatable bonds is 2. The monoisotopic (exact) mass is 287 g/mol. The molecule has 0 spiro atoms. The second-order valence-electron chi connectivity index (χ2n) is 5.20. The summed E-state index contributed by atoms with van der Waals surface area (Å²) in [5, 5.41) is 0. The third kappa shape index (κ3) is 1.83. The molecular formula is C16H17NO2S. The van der Waals surface area contributed by atoms with E-state index in [9.17, 15) is 8.42 Å². The van der Waals surface area contributed by atoms with E-state index in [-0.39, 0.29) is 12.0 Å². The van der Waals surface area contributed by atoms with Crippen LogP contribution in [0, 0.1) is 0 Å². The third-order valence-electron chi connectivity index (χ3n) is 4.06. The van der Waals surface area contributed by atoms with Gasteiger partial charge in [-0.25, -0.2) is 8.42 Å². The fourth-order valence-electron chi connectivity index (χ4n) is 2.81. The molecule has 0 amide bonds. The van der Waals surface area contributed by atoms with Crippen LogP contribution in [0.4, 0.5) is 5.69 Å². The lowest BCUT2D eigenvalue weighted by molar-refractivity contribution is 0.573. The summed E-state index contributed by atoms with van der Waals surface area (Å²) in [6, 6.07) is 16.3. The molecule has 0 aromatic heterocycles. The molecule has 1 heterocycles. The number of sulfonamides is 1. The van der Waals surface area contributed by atoms with Gasteiger partial charge in [0.25, 0.3) is 10.0 Å². The summed E-state index contributed by atoms with van der Waals surface area (Å²) < 4.78 is 27.3. The molecule has 4 heteroatoms. The number of hydrogen-bond acceptors (Lipinski definition) is 2. The van der Waals surface area contributed by atoms with E-state index < -0.39 is 10.0 Å². The average Bonchev–Trinajstić information content (AvgIpc) is 2.73. The predicted octanol–water partition coefficient (Wildman–Crippen LogP) is 3.39. The minimum absolute atomic E-state index is 0.0717. The van der Waals surface area contributed by atoms with Crippen molar-refractivity contribution >= 4 is 15.7 Å². The minimum atomic E-state index is -3.50. The lowest BCUT2D eigenvalue weighted by Gasteiger charge is -2.25. The molecule has 2 atom stereocenters. The molecule has 0 fully saturated rings. The number of anilines is 1. The van der Waals surface area contributed by atoms with Gasteiger partial charge < -0.3 is 0 Å². The van der Waals surface area contributed by atoms with Crippen molar-refractivity contribution in [1.29, 1.82) is 0 Å². The SMILES string of the molecule is C[C@@H]1[C@@H](C)c2ccccc2N1S(=O)(=O)c1ccccc1. The van der Waals surface area contributed by atoms with Gasteiger partial charge in [0.15, 0.2) is 0 Å². The molecule has 0 saturated carbocycles. The largest absolute Gasteiger partial charge is 0.264 e. The highest BCUT2D eigenvalue weighted by Crippen LogP contribution is 2.43. The fourth-order valence-corrected chi connectivity index (χ4v) is 4.58. The third-order valence-corrected chi connectivity index (χ3v) is 5.97. The molecule has 0 unspecified atom stereocenters. The summed E-state index contributed by atoms with van der Waals surface area (Å²) in [7, 11) is -3.50. The van der Waals surface area contributed by atoms with E-state index in [0.717, 1.165) is 11.3 Å². The Morgan fingerprint density at radius 2 is 1.50 bits per heavy atom. The Morgan fingerprint density at radius 3 is 2.20 bits per heavy atom. The Kier molecular flexibility index (Phi) is 3.05.